The van der Waals surface area contributed by atoms with Gasteiger partial charge in [0.2, 0.25) is 5.91 Å². The van der Waals surface area contributed by atoms with Gasteiger partial charge in [-0.2, -0.15) is 11.8 Å². The number of aliphatic carboxylic acids is 1. The van der Waals surface area contributed by atoms with Crippen molar-refractivity contribution in [2.24, 2.45) is 0 Å². The second-order valence-corrected chi connectivity index (χ2v) is 4.88. The maximum atomic E-state index is 11.7. The second kappa shape index (κ2) is 5.54. The van der Waals surface area contributed by atoms with Gasteiger partial charge in [-0.1, -0.05) is 0 Å². The average molecular weight is 247 g/mol. The lowest BCUT2D eigenvalue weighted by molar-refractivity contribution is -0.148. The normalized spacial score (nSPS) is 26.4. The van der Waals surface area contributed by atoms with Crippen LogP contribution in [-0.4, -0.2) is 46.7 Å². The molecular weight excluding hydrogens is 230 g/mol. The predicted octanol–water partition coefficient (Wildman–Crippen LogP) is 0.488. The molecular formula is C10H17NO4S. The van der Waals surface area contributed by atoms with Crippen molar-refractivity contribution < 1.29 is 19.4 Å². The predicted molar refractivity (Wildman–Crippen MR) is 61.5 cm³/mol. The summed E-state index contributed by atoms with van der Waals surface area (Å²) in [5, 5.41) is 11.7. The van der Waals surface area contributed by atoms with Crippen molar-refractivity contribution in [2.75, 3.05) is 18.1 Å². The molecule has 0 aliphatic carbocycles. The third kappa shape index (κ3) is 2.89. The molecule has 1 fully saturated rings. The van der Waals surface area contributed by atoms with Gasteiger partial charge in [-0.05, 0) is 26.0 Å². The lowest BCUT2D eigenvalue weighted by atomic mass is 9.99. The molecule has 2 N–H and O–H groups in total. The van der Waals surface area contributed by atoms with Crippen LogP contribution in [0.25, 0.3) is 0 Å². The minimum Gasteiger partial charge on any atom is -0.479 e. The summed E-state index contributed by atoms with van der Waals surface area (Å²) in [6.45, 7) is 3.85. The highest BCUT2D eigenvalue weighted by Crippen LogP contribution is 2.28. The van der Waals surface area contributed by atoms with Crippen molar-refractivity contribution >= 4 is 23.6 Å². The first-order valence-electron chi connectivity index (χ1n) is 5.26. The summed E-state index contributed by atoms with van der Waals surface area (Å²) in [5.74, 6) is -0.135. The van der Waals surface area contributed by atoms with Crippen LogP contribution in [0.3, 0.4) is 0 Å². The lowest BCUT2D eigenvalue weighted by Gasteiger charge is -2.26. The van der Waals surface area contributed by atoms with Crippen molar-refractivity contribution in [3.05, 3.63) is 0 Å². The highest BCUT2D eigenvalue weighted by Gasteiger charge is 2.43. The zero-order chi connectivity index (χ0) is 12.2. The van der Waals surface area contributed by atoms with Crippen LogP contribution in [0.5, 0.6) is 0 Å². The summed E-state index contributed by atoms with van der Waals surface area (Å²) in [6.07, 6.45) is -0.135. The molecule has 0 bridgehead atoms. The number of hydrogen-bond acceptors (Lipinski definition) is 4. The molecule has 2 unspecified atom stereocenters. The minimum atomic E-state index is -1.10. The van der Waals surface area contributed by atoms with E-state index in [2.05, 4.69) is 5.32 Å². The summed E-state index contributed by atoms with van der Waals surface area (Å²) in [7, 11) is 0. The molecule has 0 spiro atoms. The number of rotatable bonds is 5. The Morgan fingerprint density at radius 2 is 2.31 bits per heavy atom. The van der Waals surface area contributed by atoms with E-state index in [1.54, 1.807) is 25.6 Å². The molecule has 0 radical (unpaired) electrons. The van der Waals surface area contributed by atoms with E-state index in [-0.39, 0.29) is 5.91 Å². The topological polar surface area (TPSA) is 75.6 Å². The number of carbonyl (C=O) groups is 2. The quantitative estimate of drug-likeness (QED) is 0.739. The smallest absolute Gasteiger partial charge is 0.330 e. The van der Waals surface area contributed by atoms with Crippen LogP contribution in [0.2, 0.25) is 0 Å². The van der Waals surface area contributed by atoms with E-state index in [9.17, 15) is 9.59 Å². The van der Waals surface area contributed by atoms with Gasteiger partial charge in [0.15, 0.2) is 0 Å². The van der Waals surface area contributed by atoms with E-state index in [4.69, 9.17) is 9.84 Å². The van der Waals surface area contributed by atoms with E-state index < -0.39 is 17.6 Å². The second-order valence-electron chi connectivity index (χ2n) is 3.78. The number of amides is 1. The first-order chi connectivity index (χ1) is 7.52. The Morgan fingerprint density at radius 1 is 1.62 bits per heavy atom. The molecule has 0 saturated carbocycles. The van der Waals surface area contributed by atoms with Crippen molar-refractivity contribution in [1.29, 1.82) is 0 Å². The van der Waals surface area contributed by atoms with Gasteiger partial charge >= 0.3 is 5.97 Å². The number of carboxylic acid groups (broad SMARTS) is 1. The molecule has 0 aromatic heterocycles. The van der Waals surface area contributed by atoms with Gasteiger partial charge in [-0.25, -0.2) is 4.79 Å². The van der Waals surface area contributed by atoms with Crippen LogP contribution in [0.15, 0.2) is 0 Å². The van der Waals surface area contributed by atoms with Gasteiger partial charge < -0.3 is 15.2 Å². The fraction of sp³-hybridized carbons (Fsp3) is 0.800. The fourth-order valence-corrected chi connectivity index (χ4v) is 2.87. The summed E-state index contributed by atoms with van der Waals surface area (Å²) in [5.41, 5.74) is -1.10. The third-order valence-corrected chi connectivity index (χ3v) is 3.77. The van der Waals surface area contributed by atoms with Gasteiger partial charge in [-0.3, -0.25) is 4.79 Å². The van der Waals surface area contributed by atoms with Crippen LogP contribution < -0.4 is 5.32 Å². The monoisotopic (exact) mass is 247 g/mol. The molecule has 1 amide bonds. The van der Waals surface area contributed by atoms with Gasteiger partial charge in [0.1, 0.15) is 11.6 Å². The number of ether oxygens (including phenoxy) is 1. The third-order valence-electron chi connectivity index (χ3n) is 2.58. The van der Waals surface area contributed by atoms with Crippen LogP contribution in [0.1, 0.15) is 20.3 Å². The molecule has 1 heterocycles. The molecule has 0 aromatic rings. The van der Waals surface area contributed by atoms with Gasteiger partial charge in [0.25, 0.3) is 0 Å². The summed E-state index contributed by atoms with van der Waals surface area (Å²) >= 11 is 1.54. The van der Waals surface area contributed by atoms with Gasteiger partial charge in [0, 0.05) is 12.4 Å². The molecule has 1 saturated heterocycles. The highest BCUT2D eigenvalue weighted by molar-refractivity contribution is 7.99. The van der Waals surface area contributed by atoms with Gasteiger partial charge in [-0.15, -0.1) is 0 Å². The van der Waals surface area contributed by atoms with Crippen molar-refractivity contribution in [3.8, 4) is 0 Å². The van der Waals surface area contributed by atoms with E-state index >= 15 is 0 Å². The number of thioether (sulfide) groups is 1. The van der Waals surface area contributed by atoms with E-state index in [1.165, 1.54) is 0 Å². The first-order valence-corrected chi connectivity index (χ1v) is 6.42. The number of carbonyl (C=O) groups excluding carboxylic acids is 1. The number of carboxylic acids is 1. The summed E-state index contributed by atoms with van der Waals surface area (Å²) in [4.78, 5) is 22.9. The summed E-state index contributed by atoms with van der Waals surface area (Å²) < 4.78 is 5.13. The maximum Gasteiger partial charge on any atom is 0.330 e. The Kier molecular flexibility index (Phi) is 4.61. The maximum absolute atomic E-state index is 11.7. The lowest BCUT2D eigenvalue weighted by Crippen LogP contribution is -2.57. The summed E-state index contributed by atoms with van der Waals surface area (Å²) in [6, 6.07) is 0. The highest BCUT2D eigenvalue weighted by atomic mass is 32.2. The van der Waals surface area contributed by atoms with Crippen molar-refractivity contribution in [1.82, 2.24) is 5.32 Å². The molecule has 6 heteroatoms. The number of nitrogens with one attached hydrogen (secondary N) is 1. The van der Waals surface area contributed by atoms with Crippen LogP contribution in [0.4, 0.5) is 0 Å². The Bertz CT molecular complexity index is 276. The van der Waals surface area contributed by atoms with Gasteiger partial charge in [0.05, 0.1) is 0 Å². The largest absolute Gasteiger partial charge is 0.479 e. The molecule has 16 heavy (non-hydrogen) atoms. The SMILES string of the molecule is CCOC(C)C(=O)NC1(C(=O)O)CCSC1. The van der Waals surface area contributed by atoms with Crippen molar-refractivity contribution in [2.45, 2.75) is 31.9 Å². The standard InChI is InChI=1S/C10H17NO4S/c1-3-15-7(2)8(12)11-10(9(13)14)4-5-16-6-10/h7H,3-6H2,1-2H3,(H,11,12)(H,13,14). The molecule has 92 valence electrons. The molecule has 1 rings (SSSR count). The first kappa shape index (κ1) is 13.3. The zero-order valence-corrected chi connectivity index (χ0v) is 10.3. The van der Waals surface area contributed by atoms with Crippen LogP contribution in [0, 0.1) is 0 Å². The fourth-order valence-electron chi connectivity index (χ4n) is 1.55. The Labute approximate surface area is 98.9 Å². The van der Waals surface area contributed by atoms with Crippen LogP contribution >= 0.6 is 11.8 Å². The van der Waals surface area contributed by atoms with E-state index in [0.717, 1.165) is 5.75 Å². The molecule has 1 aliphatic heterocycles. The van der Waals surface area contributed by atoms with Crippen molar-refractivity contribution in [3.63, 3.8) is 0 Å². The number of hydrogen-bond donors (Lipinski definition) is 2. The van der Waals surface area contributed by atoms with Crippen LogP contribution in [-0.2, 0) is 14.3 Å². The molecule has 1 aliphatic rings. The molecule has 5 nitrogen and oxygen atoms in total. The minimum absolute atomic E-state index is 0.355. The van der Waals surface area contributed by atoms with E-state index in [1.807, 2.05) is 0 Å². The van der Waals surface area contributed by atoms with E-state index in [0.29, 0.717) is 18.8 Å². The zero-order valence-electron chi connectivity index (χ0n) is 9.49. The Hall–Kier alpha value is -0.750. The molecule has 2 atom stereocenters. The molecule has 0 aromatic carbocycles. The Balaban J connectivity index is 2.62. The Morgan fingerprint density at radius 3 is 2.75 bits per heavy atom. The average Bonchev–Trinajstić information content (AvgIpc) is 2.68.